The Hall–Kier alpha value is -3.04. The normalized spacial score (nSPS) is 11.3. The quantitative estimate of drug-likeness (QED) is 0.601. The van der Waals surface area contributed by atoms with Crippen LogP contribution < -0.4 is 10.5 Å². The molecule has 4 N–H and O–H groups in total. The molecular formula is C18H17FN4O3S. The third-order valence-electron chi connectivity index (χ3n) is 3.87. The van der Waals surface area contributed by atoms with Crippen LogP contribution in [0.1, 0.15) is 12.0 Å². The van der Waals surface area contributed by atoms with E-state index in [1.54, 1.807) is 30.3 Å². The fraction of sp³-hybridized carbons (Fsp3) is 0.111. The Kier molecular flexibility index (Phi) is 5.33. The van der Waals surface area contributed by atoms with Gasteiger partial charge in [0, 0.05) is 18.1 Å². The summed E-state index contributed by atoms with van der Waals surface area (Å²) in [7, 11) is -3.73. The number of H-pyrrole nitrogens is 1. The van der Waals surface area contributed by atoms with E-state index in [-0.39, 0.29) is 23.0 Å². The number of aromatic amines is 1. The van der Waals surface area contributed by atoms with Crippen molar-refractivity contribution in [3.05, 3.63) is 66.0 Å². The molecule has 0 fully saturated rings. The molecule has 7 nitrogen and oxygen atoms in total. The smallest absolute Gasteiger partial charge is 0.238 e. The fourth-order valence-corrected chi connectivity index (χ4v) is 3.01. The van der Waals surface area contributed by atoms with E-state index >= 15 is 0 Å². The number of nitrogens with one attached hydrogen (secondary N) is 2. The molecule has 1 aromatic heterocycles. The van der Waals surface area contributed by atoms with E-state index in [1.165, 1.54) is 24.3 Å². The number of primary sulfonamides is 1. The van der Waals surface area contributed by atoms with Gasteiger partial charge in [0.2, 0.25) is 15.9 Å². The zero-order valence-electron chi connectivity index (χ0n) is 14.1. The van der Waals surface area contributed by atoms with Gasteiger partial charge in [0.25, 0.3) is 0 Å². The van der Waals surface area contributed by atoms with E-state index in [0.717, 1.165) is 5.56 Å². The third-order valence-corrected chi connectivity index (χ3v) is 4.80. The summed E-state index contributed by atoms with van der Waals surface area (Å²) in [5, 5.41) is 14.5. The van der Waals surface area contributed by atoms with E-state index in [9.17, 15) is 17.6 Å². The Morgan fingerprint density at radius 1 is 1.15 bits per heavy atom. The van der Waals surface area contributed by atoms with Crippen LogP contribution >= 0.6 is 0 Å². The Morgan fingerprint density at radius 2 is 1.89 bits per heavy atom. The first-order valence-corrected chi connectivity index (χ1v) is 9.59. The molecule has 3 rings (SSSR count). The van der Waals surface area contributed by atoms with Gasteiger partial charge in [0.15, 0.2) is 5.82 Å². The lowest BCUT2D eigenvalue weighted by Crippen LogP contribution is -2.13. The fourth-order valence-electron chi connectivity index (χ4n) is 2.50. The highest BCUT2D eigenvalue weighted by Gasteiger charge is 2.10. The van der Waals surface area contributed by atoms with Crippen LogP contribution in [0.25, 0.3) is 11.3 Å². The lowest BCUT2D eigenvalue weighted by molar-refractivity contribution is -0.116. The molecule has 1 heterocycles. The summed E-state index contributed by atoms with van der Waals surface area (Å²) in [6, 6.07) is 13.7. The molecule has 0 atom stereocenters. The first kappa shape index (κ1) is 18.7. The number of hydrogen-bond acceptors (Lipinski definition) is 4. The minimum Gasteiger partial charge on any atom is -0.309 e. The lowest BCUT2D eigenvalue weighted by atomic mass is 10.1. The highest BCUT2D eigenvalue weighted by molar-refractivity contribution is 7.89. The summed E-state index contributed by atoms with van der Waals surface area (Å²) in [6.45, 7) is 0. The Morgan fingerprint density at radius 3 is 2.56 bits per heavy atom. The number of benzene rings is 2. The number of anilines is 1. The number of rotatable bonds is 6. The number of hydrogen-bond donors (Lipinski definition) is 3. The molecule has 0 aliphatic heterocycles. The predicted molar refractivity (Wildman–Crippen MR) is 98.7 cm³/mol. The number of amides is 1. The molecule has 27 heavy (non-hydrogen) atoms. The van der Waals surface area contributed by atoms with Gasteiger partial charge in [-0.25, -0.2) is 17.9 Å². The van der Waals surface area contributed by atoms with Crippen molar-refractivity contribution in [2.75, 3.05) is 5.32 Å². The maximum Gasteiger partial charge on any atom is 0.238 e. The summed E-state index contributed by atoms with van der Waals surface area (Å²) in [5.74, 6) is -0.271. The van der Waals surface area contributed by atoms with Crippen molar-refractivity contribution in [3.8, 4) is 11.3 Å². The van der Waals surface area contributed by atoms with Crippen LogP contribution in [0.3, 0.4) is 0 Å². The van der Waals surface area contributed by atoms with E-state index < -0.39 is 10.0 Å². The minimum absolute atomic E-state index is 0.0251. The first-order chi connectivity index (χ1) is 12.8. The minimum atomic E-state index is -3.73. The molecule has 140 valence electrons. The monoisotopic (exact) mass is 388 g/mol. The highest BCUT2D eigenvalue weighted by atomic mass is 32.2. The van der Waals surface area contributed by atoms with Gasteiger partial charge >= 0.3 is 0 Å². The topological polar surface area (TPSA) is 118 Å². The van der Waals surface area contributed by atoms with Crippen LogP contribution in [0, 0.1) is 5.82 Å². The second kappa shape index (κ2) is 7.68. The van der Waals surface area contributed by atoms with Gasteiger partial charge < -0.3 is 5.32 Å². The number of sulfonamides is 1. The maximum absolute atomic E-state index is 13.3. The largest absolute Gasteiger partial charge is 0.309 e. The molecule has 9 heteroatoms. The second-order valence-electron chi connectivity index (χ2n) is 5.91. The zero-order valence-corrected chi connectivity index (χ0v) is 15.0. The number of carbonyl (C=O) groups excluding carboxylic acids is 1. The Bertz CT molecular complexity index is 1060. The number of carbonyl (C=O) groups is 1. The van der Waals surface area contributed by atoms with E-state index in [4.69, 9.17) is 5.14 Å². The number of aromatic nitrogens is 2. The summed E-state index contributed by atoms with van der Waals surface area (Å²) in [4.78, 5) is 12.1. The van der Waals surface area contributed by atoms with Crippen molar-refractivity contribution in [1.29, 1.82) is 0 Å². The maximum atomic E-state index is 13.3. The van der Waals surface area contributed by atoms with Crippen molar-refractivity contribution >= 4 is 21.7 Å². The number of halogens is 1. The molecule has 0 saturated carbocycles. The van der Waals surface area contributed by atoms with Gasteiger partial charge in [-0.3, -0.25) is 9.89 Å². The summed E-state index contributed by atoms with van der Waals surface area (Å²) in [6.07, 6.45) is 0.620. The lowest BCUT2D eigenvalue weighted by Gasteiger charge is -2.04. The molecule has 3 aromatic rings. The Balaban J connectivity index is 1.57. The molecule has 0 saturated heterocycles. The van der Waals surface area contributed by atoms with Gasteiger partial charge in [-0.1, -0.05) is 24.3 Å². The molecular weight excluding hydrogens is 371 g/mol. The van der Waals surface area contributed by atoms with Crippen LogP contribution in [0.5, 0.6) is 0 Å². The summed E-state index contributed by atoms with van der Waals surface area (Å²) in [5.41, 5.74) is 2.02. The molecule has 0 aliphatic carbocycles. The Labute approximate surface area is 155 Å². The van der Waals surface area contributed by atoms with E-state index in [0.29, 0.717) is 23.5 Å². The van der Waals surface area contributed by atoms with Gasteiger partial charge in [-0.2, -0.15) is 5.10 Å². The second-order valence-corrected chi connectivity index (χ2v) is 7.48. The standard InChI is InChI=1S/C18H17FN4O3S/c19-14-3-1-2-13(10-14)16-11-17(23-22-16)21-18(24)9-6-12-4-7-15(8-5-12)27(20,25)26/h1-5,7-8,10-11H,6,9H2,(H2,20,25,26)(H2,21,22,23,24). The van der Waals surface area contributed by atoms with Crippen LogP contribution in [-0.2, 0) is 21.2 Å². The van der Waals surface area contributed by atoms with Crippen LogP contribution in [0.4, 0.5) is 10.2 Å². The third kappa shape index (κ3) is 4.99. The van der Waals surface area contributed by atoms with Gasteiger partial charge in [-0.05, 0) is 36.2 Å². The number of nitrogens with zero attached hydrogens (tertiary/aromatic N) is 1. The van der Waals surface area contributed by atoms with Crippen molar-refractivity contribution < 1.29 is 17.6 Å². The first-order valence-electron chi connectivity index (χ1n) is 8.04. The average Bonchev–Trinajstić information content (AvgIpc) is 3.08. The van der Waals surface area contributed by atoms with Crippen LogP contribution in [0.2, 0.25) is 0 Å². The van der Waals surface area contributed by atoms with E-state index in [2.05, 4.69) is 15.5 Å². The van der Waals surface area contributed by atoms with E-state index in [1.807, 2.05) is 0 Å². The van der Waals surface area contributed by atoms with Crippen molar-refractivity contribution in [2.45, 2.75) is 17.7 Å². The summed E-state index contributed by atoms with van der Waals surface area (Å²) >= 11 is 0. The van der Waals surface area contributed by atoms with Gasteiger partial charge in [0.1, 0.15) is 5.82 Å². The van der Waals surface area contributed by atoms with Crippen molar-refractivity contribution in [2.24, 2.45) is 5.14 Å². The molecule has 2 aromatic carbocycles. The van der Waals surface area contributed by atoms with Gasteiger partial charge in [0.05, 0.1) is 10.6 Å². The van der Waals surface area contributed by atoms with Crippen LogP contribution in [0.15, 0.2) is 59.5 Å². The van der Waals surface area contributed by atoms with Gasteiger partial charge in [-0.15, -0.1) is 0 Å². The summed E-state index contributed by atoms with van der Waals surface area (Å²) < 4.78 is 35.7. The predicted octanol–water partition coefficient (Wildman–Crippen LogP) is 2.43. The number of nitrogens with two attached hydrogens (primary N) is 1. The zero-order chi connectivity index (χ0) is 19.4. The number of aryl methyl sites for hydroxylation is 1. The molecule has 0 aliphatic rings. The molecule has 1 amide bonds. The molecule has 0 radical (unpaired) electrons. The van der Waals surface area contributed by atoms with Crippen molar-refractivity contribution in [1.82, 2.24) is 10.2 Å². The molecule has 0 unspecified atom stereocenters. The molecule has 0 spiro atoms. The SMILES string of the molecule is NS(=O)(=O)c1ccc(CCC(=O)Nc2cc(-c3cccc(F)c3)[nH]n2)cc1. The van der Waals surface area contributed by atoms with Crippen LogP contribution in [-0.4, -0.2) is 24.5 Å². The molecule has 0 bridgehead atoms. The highest BCUT2D eigenvalue weighted by Crippen LogP contribution is 2.20. The van der Waals surface area contributed by atoms with Crippen molar-refractivity contribution in [3.63, 3.8) is 0 Å². The average molecular weight is 388 g/mol.